The Morgan fingerprint density at radius 2 is 0.792 bits per heavy atom. The lowest BCUT2D eigenvalue weighted by atomic mass is 9.86. The number of benzene rings is 9. The maximum atomic E-state index is 11.5. The monoisotopic (exact) mass is 1420 g/mol. The van der Waals surface area contributed by atoms with Crippen molar-refractivity contribution in [1.82, 2.24) is 4.57 Å². The molecule has 10 nitrogen and oxygen atoms in total. The molecule has 1 aliphatic heterocycles. The third-order valence-corrected chi connectivity index (χ3v) is 18.1. The molecule has 9 aromatic carbocycles. The zero-order valence-electron chi connectivity index (χ0n) is 67.6. The summed E-state index contributed by atoms with van der Waals surface area (Å²) in [5, 5.41) is 13.1. The number of ketones is 1. The number of nitro benzene ring substituents is 1. The zero-order valence-corrected chi connectivity index (χ0v) is 67.6. The summed E-state index contributed by atoms with van der Waals surface area (Å²) >= 11 is 0. The third kappa shape index (κ3) is 26.1. The molecule has 0 saturated heterocycles. The number of Topliss-reactive ketones (excluding diaryl/α,β-unsaturated/α-hetero) is 1. The summed E-state index contributed by atoms with van der Waals surface area (Å²) in [5.74, 6) is -0.822. The first-order chi connectivity index (χ1) is 49.3. The molecule has 0 unspecified atom stereocenters. The van der Waals surface area contributed by atoms with E-state index in [-0.39, 0.29) is 72.1 Å². The van der Waals surface area contributed by atoms with Crippen molar-refractivity contribution in [2.45, 2.75) is 210 Å². The molecule has 10 heteroatoms. The van der Waals surface area contributed by atoms with E-state index < -0.39 is 0 Å². The van der Waals surface area contributed by atoms with Crippen LogP contribution in [0.4, 0.5) is 11.4 Å². The van der Waals surface area contributed by atoms with E-state index in [1.807, 2.05) is 72.8 Å². The van der Waals surface area contributed by atoms with E-state index in [9.17, 15) is 29.3 Å². The molecule has 0 aliphatic carbocycles. The van der Waals surface area contributed by atoms with Crippen molar-refractivity contribution in [2.24, 2.45) is 0 Å². The number of hydrogen-bond acceptors (Lipinski definition) is 7. The van der Waals surface area contributed by atoms with Gasteiger partial charge in [0.25, 0.3) is 17.5 Å². The van der Waals surface area contributed by atoms with Crippen LogP contribution in [-0.2, 0) is 70.2 Å². The van der Waals surface area contributed by atoms with Gasteiger partial charge >= 0.3 is 5.97 Å². The normalized spacial score (nSPS) is 12.2. The van der Waals surface area contributed by atoms with Crippen molar-refractivity contribution in [2.75, 3.05) is 4.90 Å². The lowest BCUT2D eigenvalue weighted by Crippen LogP contribution is -2.29. The number of ether oxygens (including phenoxy) is 1. The third-order valence-electron chi connectivity index (χ3n) is 18.1. The summed E-state index contributed by atoms with van der Waals surface area (Å²) in [6.45, 7) is 58.0. The Bertz CT molecular complexity index is 4480. The number of aromatic nitrogens is 1. The minimum absolute atomic E-state index is 0.0507. The second kappa shape index (κ2) is 37.1. The fourth-order valence-corrected chi connectivity index (χ4v) is 11.1. The molecule has 106 heavy (non-hydrogen) atoms. The Morgan fingerprint density at radius 3 is 1.19 bits per heavy atom. The summed E-state index contributed by atoms with van der Waals surface area (Å²) in [6.07, 6.45) is 5.62. The minimum atomic E-state index is -0.389. The number of non-ortho nitro benzene ring substituents is 1. The molecule has 0 atom stereocenters. The number of esters is 1. The molecule has 0 radical (unpaired) electrons. The van der Waals surface area contributed by atoms with Crippen LogP contribution in [0.1, 0.15) is 220 Å². The number of aryl methyl sites for hydroxylation is 1. The predicted octanol–water partition coefficient (Wildman–Crippen LogP) is 25.1. The van der Waals surface area contributed by atoms with Crippen LogP contribution in [0.3, 0.4) is 0 Å². The van der Waals surface area contributed by atoms with Crippen molar-refractivity contribution in [3.63, 3.8) is 0 Å². The SMILES string of the molecule is C=CC(=O)OCc1ccc(C(C)(C)C)cc1.C=Cc1ccc(C(C)(C)C)cc1.CC(=O)c1ccc(C(C)(C)C)cc1.CC(C)(C)c1ccc(-c2ccccc2)cc1.CC(C)(C)c1ccc(N2C(=O)C=CC2=O)cc1.CC(C)(C)c1ccc([N+](=O)[O-])cc1.CCn1c2ccccc2c2cc(C(C)(C)C)ccc21. The number of imide groups is 1. The van der Waals surface area contributed by atoms with Crippen LogP contribution in [0.15, 0.2) is 250 Å². The molecular formula is C96H117N3O7. The fourth-order valence-electron chi connectivity index (χ4n) is 11.1. The number of nitrogens with zero attached hydrogens (tertiary/aromatic N) is 3. The largest absolute Gasteiger partial charge is 0.458 e. The highest BCUT2D eigenvalue weighted by atomic mass is 16.6. The van der Waals surface area contributed by atoms with Gasteiger partial charge in [0.05, 0.1) is 10.6 Å². The van der Waals surface area contributed by atoms with Gasteiger partial charge in [-0.25, -0.2) is 9.69 Å². The van der Waals surface area contributed by atoms with E-state index in [0.29, 0.717) is 12.3 Å². The molecule has 0 saturated carbocycles. The average Bonchev–Trinajstić information content (AvgIpc) is 1.60. The lowest BCUT2D eigenvalue weighted by Gasteiger charge is -2.20. The van der Waals surface area contributed by atoms with Crippen molar-refractivity contribution in [3.8, 4) is 11.1 Å². The van der Waals surface area contributed by atoms with Gasteiger partial charge in [0, 0.05) is 64.3 Å². The number of fused-ring (bicyclic) bond motifs is 3. The molecular weight excluding hydrogens is 1310 g/mol. The van der Waals surface area contributed by atoms with Crippen molar-refractivity contribution in [3.05, 3.63) is 316 Å². The summed E-state index contributed by atoms with van der Waals surface area (Å²) in [6, 6.07) is 73.6. The molecule has 10 aromatic rings. The first-order valence-corrected chi connectivity index (χ1v) is 36.6. The van der Waals surface area contributed by atoms with Crippen LogP contribution in [-0.4, -0.2) is 33.1 Å². The van der Waals surface area contributed by atoms with Crippen molar-refractivity contribution in [1.29, 1.82) is 0 Å². The Morgan fingerprint density at radius 1 is 0.434 bits per heavy atom. The van der Waals surface area contributed by atoms with Gasteiger partial charge in [-0.3, -0.25) is 24.5 Å². The summed E-state index contributed by atoms with van der Waals surface area (Å²) < 4.78 is 7.35. The molecule has 0 bridgehead atoms. The average molecular weight is 1430 g/mol. The second-order valence-electron chi connectivity index (χ2n) is 33.9. The van der Waals surface area contributed by atoms with Crippen LogP contribution in [0.5, 0.6) is 0 Å². The van der Waals surface area contributed by atoms with Gasteiger partial charge in [0.2, 0.25) is 0 Å². The maximum absolute atomic E-state index is 11.5. The van der Waals surface area contributed by atoms with Gasteiger partial charge in [-0.15, -0.1) is 0 Å². The number of carbonyl (C=O) groups excluding carboxylic acids is 4. The molecule has 1 aromatic heterocycles. The van der Waals surface area contributed by atoms with Crippen LogP contribution in [0.25, 0.3) is 39.0 Å². The number of para-hydroxylation sites is 1. The highest BCUT2D eigenvalue weighted by Gasteiger charge is 2.26. The minimum Gasteiger partial charge on any atom is -0.458 e. The smallest absolute Gasteiger partial charge is 0.330 e. The van der Waals surface area contributed by atoms with E-state index in [1.54, 1.807) is 31.2 Å². The molecule has 558 valence electrons. The summed E-state index contributed by atoms with van der Waals surface area (Å²) in [7, 11) is 0. The Kier molecular flexibility index (Phi) is 30.2. The molecule has 2 amide bonds. The van der Waals surface area contributed by atoms with Gasteiger partial charge in [-0.1, -0.05) is 341 Å². The van der Waals surface area contributed by atoms with E-state index in [0.717, 1.165) is 23.2 Å². The first kappa shape index (κ1) is 86.3. The quantitative estimate of drug-likeness (QED) is 0.0351. The van der Waals surface area contributed by atoms with Crippen LogP contribution >= 0.6 is 0 Å². The van der Waals surface area contributed by atoms with Crippen LogP contribution in [0, 0.1) is 10.1 Å². The molecule has 2 heterocycles. The highest BCUT2D eigenvalue weighted by molar-refractivity contribution is 6.28. The van der Waals surface area contributed by atoms with E-state index in [4.69, 9.17) is 4.74 Å². The Balaban J connectivity index is 0.000000223. The van der Waals surface area contributed by atoms with E-state index in [2.05, 4.69) is 297 Å². The van der Waals surface area contributed by atoms with Crippen molar-refractivity contribution < 1.29 is 28.8 Å². The van der Waals surface area contributed by atoms with E-state index >= 15 is 0 Å². The number of hydrogen-bond donors (Lipinski definition) is 0. The number of nitro groups is 1. The van der Waals surface area contributed by atoms with Crippen molar-refractivity contribution >= 4 is 62.8 Å². The standard InChI is InChI=1S/C18H21N.C16H18.C14H15NO2.C14H18O2.C12H16O.C12H16.C10H13NO2/c1-5-19-16-9-7-6-8-14(16)15-12-13(18(2,3)4)10-11-17(15)19;1-16(2,3)15-11-9-14(10-12-15)13-7-5-4-6-8-13;1-14(2,3)10-4-6-11(7-5-10)15-12(16)8-9-13(15)17;1-5-13(15)16-10-11-6-8-12(9-7-11)14(2,3)4;1-9(13)10-5-7-11(8-6-10)12(2,3)4;1-5-10-6-8-11(9-7-10)12(2,3)4;1-10(2,3)8-4-6-9(7-5-8)11(12)13/h6-12H,5H2,1-4H3;4-12H,1-3H3;4-9H,1-3H3;5-9H,1,10H2,2-4H3;5-8H,1-4H3;5-9H,1H2,2-4H3;4-7H,1-3H3. The molecule has 0 fully saturated rings. The second-order valence-corrected chi connectivity index (χ2v) is 33.9. The highest BCUT2D eigenvalue weighted by Crippen LogP contribution is 2.35. The van der Waals surface area contributed by atoms with Gasteiger partial charge in [-0.2, -0.15) is 0 Å². The number of carbonyl (C=O) groups is 4. The molecule has 11 rings (SSSR count). The maximum Gasteiger partial charge on any atom is 0.330 e. The molecule has 0 N–H and O–H groups in total. The van der Waals surface area contributed by atoms with Crippen LogP contribution in [0.2, 0.25) is 0 Å². The molecule has 1 aliphatic rings. The van der Waals surface area contributed by atoms with Gasteiger partial charge in [0.15, 0.2) is 5.78 Å². The fraction of sp³-hybridized carbons (Fsp3) is 0.333. The summed E-state index contributed by atoms with van der Waals surface area (Å²) in [4.78, 5) is 56.0. The summed E-state index contributed by atoms with van der Waals surface area (Å²) in [5.41, 5.74) is 19.0. The van der Waals surface area contributed by atoms with Gasteiger partial charge in [-0.05, 0) is 143 Å². The predicted molar refractivity (Wildman–Crippen MR) is 448 cm³/mol. The number of amides is 2. The number of anilines is 1. The van der Waals surface area contributed by atoms with Gasteiger partial charge in [0.1, 0.15) is 6.61 Å². The Hall–Kier alpha value is -10.3. The van der Waals surface area contributed by atoms with E-state index in [1.165, 1.54) is 95.0 Å². The lowest BCUT2D eigenvalue weighted by molar-refractivity contribution is -0.384. The van der Waals surface area contributed by atoms with Gasteiger partial charge < -0.3 is 9.30 Å². The number of rotatable bonds is 9. The first-order valence-electron chi connectivity index (χ1n) is 36.6. The van der Waals surface area contributed by atoms with Crippen LogP contribution < -0.4 is 4.90 Å². The molecule has 0 spiro atoms. The Labute approximate surface area is 634 Å². The zero-order chi connectivity index (χ0) is 79.3. The topological polar surface area (TPSA) is 129 Å².